The number of hydrogen-bond donors (Lipinski definition) is 0. The van der Waals surface area contributed by atoms with Crippen LogP contribution in [0.25, 0.3) is 0 Å². The minimum atomic E-state index is -0.385. The first-order valence-electron chi connectivity index (χ1n) is 7.15. The summed E-state index contributed by atoms with van der Waals surface area (Å²) in [6.45, 7) is 2.54. The molecule has 2 aliphatic rings. The molecule has 0 N–H and O–H groups in total. The van der Waals surface area contributed by atoms with Crippen LogP contribution in [0.4, 0.5) is 0 Å². The Balaban J connectivity index is 1.80. The van der Waals surface area contributed by atoms with Crippen LogP contribution >= 0.6 is 11.8 Å². The van der Waals surface area contributed by atoms with E-state index in [4.69, 9.17) is 0 Å². The van der Waals surface area contributed by atoms with Crippen molar-refractivity contribution in [2.45, 2.75) is 32.7 Å². The van der Waals surface area contributed by atoms with Gasteiger partial charge in [0.05, 0.1) is 12.0 Å². The summed E-state index contributed by atoms with van der Waals surface area (Å²) in [5.74, 6) is 1.86. The maximum atomic E-state index is 12.6. The van der Waals surface area contributed by atoms with E-state index in [1.54, 1.807) is 11.8 Å². The Hall–Kier alpha value is -1.29. The van der Waals surface area contributed by atoms with Crippen molar-refractivity contribution in [2.75, 3.05) is 11.5 Å². The highest BCUT2D eigenvalue weighted by atomic mass is 32.2. The third-order valence-corrected chi connectivity index (χ3v) is 5.58. The van der Waals surface area contributed by atoms with E-state index >= 15 is 0 Å². The zero-order valence-electron chi connectivity index (χ0n) is 11.7. The molecule has 3 nitrogen and oxygen atoms in total. The predicted octanol–water partition coefficient (Wildman–Crippen LogP) is 2.63. The molecule has 1 atom stereocenters. The van der Waals surface area contributed by atoms with Gasteiger partial charge in [-0.15, -0.1) is 0 Å². The highest BCUT2D eigenvalue weighted by molar-refractivity contribution is 7.99. The Bertz CT molecular complexity index is 549. The van der Waals surface area contributed by atoms with Crippen molar-refractivity contribution in [2.24, 2.45) is 5.41 Å². The fraction of sp³-hybridized carbons (Fsp3) is 0.500. The Morgan fingerprint density at radius 3 is 2.80 bits per heavy atom. The van der Waals surface area contributed by atoms with E-state index in [1.165, 1.54) is 10.5 Å². The van der Waals surface area contributed by atoms with Crippen molar-refractivity contribution in [3.05, 3.63) is 35.4 Å². The lowest BCUT2D eigenvalue weighted by molar-refractivity contribution is -0.141. The van der Waals surface area contributed by atoms with Gasteiger partial charge < -0.3 is 0 Å². The molecule has 4 heteroatoms. The smallest absolute Gasteiger partial charge is 0.237 e. The second kappa shape index (κ2) is 5.24. The molecule has 106 valence electrons. The molecular formula is C16H19NO2S. The maximum Gasteiger partial charge on any atom is 0.237 e. The number of imide groups is 1. The Labute approximate surface area is 123 Å². The molecule has 2 saturated heterocycles. The predicted molar refractivity (Wildman–Crippen MR) is 80.4 cm³/mol. The van der Waals surface area contributed by atoms with Gasteiger partial charge in [0.1, 0.15) is 0 Å². The topological polar surface area (TPSA) is 37.4 Å². The van der Waals surface area contributed by atoms with E-state index in [9.17, 15) is 9.59 Å². The van der Waals surface area contributed by atoms with E-state index in [-0.39, 0.29) is 17.2 Å². The number of rotatable bonds is 3. The van der Waals surface area contributed by atoms with Crippen LogP contribution in [0.1, 0.15) is 30.9 Å². The van der Waals surface area contributed by atoms with Crippen molar-refractivity contribution in [3.63, 3.8) is 0 Å². The first-order chi connectivity index (χ1) is 9.64. The molecule has 1 aromatic rings. The molecule has 1 spiro atoms. The summed E-state index contributed by atoms with van der Waals surface area (Å²) in [6, 6.07) is 8.16. The van der Waals surface area contributed by atoms with Gasteiger partial charge in [-0.3, -0.25) is 14.5 Å². The van der Waals surface area contributed by atoms with Gasteiger partial charge in [0, 0.05) is 12.2 Å². The zero-order chi connectivity index (χ0) is 14.2. The van der Waals surface area contributed by atoms with E-state index < -0.39 is 0 Å². The fourth-order valence-corrected chi connectivity index (χ4v) is 4.51. The van der Waals surface area contributed by atoms with E-state index in [0.717, 1.165) is 29.9 Å². The first kappa shape index (κ1) is 13.7. The van der Waals surface area contributed by atoms with Gasteiger partial charge >= 0.3 is 0 Å². The minimum Gasteiger partial charge on any atom is -0.278 e. The quantitative estimate of drug-likeness (QED) is 0.803. The van der Waals surface area contributed by atoms with Crippen LogP contribution in [0.2, 0.25) is 0 Å². The number of benzene rings is 1. The van der Waals surface area contributed by atoms with Crippen LogP contribution in [-0.4, -0.2) is 28.2 Å². The maximum absolute atomic E-state index is 12.6. The Morgan fingerprint density at radius 1 is 1.30 bits per heavy atom. The van der Waals surface area contributed by atoms with Gasteiger partial charge in [-0.1, -0.05) is 31.2 Å². The van der Waals surface area contributed by atoms with Crippen molar-refractivity contribution >= 4 is 23.6 Å². The van der Waals surface area contributed by atoms with Crippen molar-refractivity contribution in [3.8, 4) is 0 Å². The molecule has 2 amide bonds. The Morgan fingerprint density at radius 2 is 2.10 bits per heavy atom. The number of amides is 2. The summed E-state index contributed by atoms with van der Waals surface area (Å²) in [7, 11) is 0. The molecule has 2 heterocycles. The molecular weight excluding hydrogens is 270 g/mol. The number of carbonyl (C=O) groups is 2. The van der Waals surface area contributed by atoms with Gasteiger partial charge in [0.15, 0.2) is 0 Å². The lowest BCUT2D eigenvalue weighted by Crippen LogP contribution is -2.35. The van der Waals surface area contributed by atoms with Crippen LogP contribution in [0.3, 0.4) is 0 Å². The highest BCUT2D eigenvalue weighted by Crippen LogP contribution is 2.45. The largest absolute Gasteiger partial charge is 0.278 e. The van der Waals surface area contributed by atoms with Crippen LogP contribution in [0.5, 0.6) is 0 Å². The van der Waals surface area contributed by atoms with Gasteiger partial charge in [-0.25, -0.2) is 0 Å². The number of carbonyl (C=O) groups excluding carboxylic acids is 2. The van der Waals surface area contributed by atoms with Crippen molar-refractivity contribution in [1.29, 1.82) is 0 Å². The molecule has 0 aromatic heterocycles. The highest BCUT2D eigenvalue weighted by Gasteiger charge is 2.52. The normalized spacial score (nSPS) is 25.9. The summed E-state index contributed by atoms with van der Waals surface area (Å²) in [6.07, 6.45) is 2.23. The van der Waals surface area contributed by atoms with Gasteiger partial charge in [-0.05, 0) is 29.7 Å². The number of hydrogen-bond acceptors (Lipinski definition) is 3. The average molecular weight is 289 g/mol. The molecule has 0 radical (unpaired) electrons. The molecule has 20 heavy (non-hydrogen) atoms. The van der Waals surface area contributed by atoms with Crippen LogP contribution in [0.15, 0.2) is 24.3 Å². The zero-order valence-corrected chi connectivity index (χ0v) is 12.5. The van der Waals surface area contributed by atoms with Crippen LogP contribution in [0, 0.1) is 5.41 Å². The van der Waals surface area contributed by atoms with E-state index in [1.807, 2.05) is 12.1 Å². The second-order valence-corrected chi connectivity index (χ2v) is 6.82. The van der Waals surface area contributed by atoms with E-state index in [2.05, 4.69) is 19.1 Å². The van der Waals surface area contributed by atoms with Gasteiger partial charge in [0.25, 0.3) is 0 Å². The standard InChI is InChI=1S/C16H19NO2S/c1-2-12-4-3-5-13(8-12)10-17-14(18)9-16(15(17)19)6-7-20-11-16/h3-5,8H,2,6-7,9-11H2,1H3/t16-/m1/s1. The molecule has 0 aliphatic carbocycles. The molecule has 2 aliphatic heterocycles. The minimum absolute atomic E-state index is 0.000554. The number of likely N-dealkylation sites (tertiary alicyclic amines) is 1. The summed E-state index contributed by atoms with van der Waals surface area (Å²) in [4.78, 5) is 26.3. The third-order valence-electron chi connectivity index (χ3n) is 4.33. The van der Waals surface area contributed by atoms with Crippen molar-refractivity contribution in [1.82, 2.24) is 4.90 Å². The van der Waals surface area contributed by atoms with E-state index in [0.29, 0.717) is 13.0 Å². The lowest BCUT2D eigenvalue weighted by atomic mass is 9.86. The second-order valence-electron chi connectivity index (χ2n) is 5.72. The SMILES string of the molecule is CCc1cccc(CN2C(=O)C[C@@]3(CCSC3)C2=O)c1. The number of nitrogens with zero attached hydrogens (tertiary/aromatic N) is 1. The molecule has 3 rings (SSSR count). The molecule has 0 saturated carbocycles. The summed E-state index contributed by atoms with van der Waals surface area (Å²) >= 11 is 1.79. The summed E-state index contributed by atoms with van der Waals surface area (Å²) in [5.41, 5.74) is 1.91. The molecule has 2 fully saturated rings. The molecule has 0 bridgehead atoms. The van der Waals surface area contributed by atoms with Gasteiger partial charge in [0.2, 0.25) is 11.8 Å². The number of thioether (sulfide) groups is 1. The monoisotopic (exact) mass is 289 g/mol. The fourth-order valence-electron chi connectivity index (χ4n) is 3.07. The molecule has 0 unspecified atom stereocenters. The Kier molecular flexibility index (Phi) is 3.59. The van der Waals surface area contributed by atoms with Crippen molar-refractivity contribution < 1.29 is 9.59 Å². The third kappa shape index (κ3) is 2.26. The first-order valence-corrected chi connectivity index (χ1v) is 8.30. The van der Waals surface area contributed by atoms with Crippen LogP contribution in [-0.2, 0) is 22.6 Å². The van der Waals surface area contributed by atoms with Crippen LogP contribution < -0.4 is 0 Å². The molecule has 1 aromatic carbocycles. The summed E-state index contributed by atoms with van der Waals surface area (Å²) < 4.78 is 0. The summed E-state index contributed by atoms with van der Waals surface area (Å²) in [5, 5.41) is 0. The van der Waals surface area contributed by atoms with Gasteiger partial charge in [-0.2, -0.15) is 11.8 Å². The number of aryl methyl sites for hydroxylation is 1. The lowest BCUT2D eigenvalue weighted by Gasteiger charge is -2.20. The average Bonchev–Trinajstić information content (AvgIpc) is 3.01.